The molecule has 1 fully saturated rings. The Morgan fingerprint density at radius 1 is 1.13 bits per heavy atom. The van der Waals surface area contributed by atoms with Crippen LogP contribution in [0.3, 0.4) is 0 Å². The van der Waals surface area contributed by atoms with E-state index in [-0.39, 0.29) is 0 Å². The molecule has 1 aliphatic rings. The van der Waals surface area contributed by atoms with Gasteiger partial charge in [-0.05, 0) is 61.5 Å². The summed E-state index contributed by atoms with van der Waals surface area (Å²) in [5.41, 5.74) is 2.55. The Morgan fingerprint density at radius 2 is 1.97 bits per heavy atom. The number of thiazole rings is 1. The van der Waals surface area contributed by atoms with Crippen LogP contribution < -0.4 is 10.6 Å². The molecule has 1 aliphatic heterocycles. The van der Waals surface area contributed by atoms with Gasteiger partial charge in [0.2, 0.25) is 0 Å². The van der Waals surface area contributed by atoms with E-state index in [2.05, 4.69) is 45.9 Å². The van der Waals surface area contributed by atoms with Crippen LogP contribution in [0.15, 0.2) is 54.7 Å². The number of aromatic nitrogens is 2. The summed E-state index contributed by atoms with van der Waals surface area (Å²) >= 11 is 1.64. The number of hydrogen-bond donors (Lipinski definition) is 3. The molecule has 7 heteroatoms. The second-order valence-corrected chi connectivity index (χ2v) is 8.91. The Labute approximate surface area is 178 Å². The predicted molar refractivity (Wildman–Crippen MR) is 120 cm³/mol. The molecule has 0 saturated carbocycles. The molecule has 0 aliphatic carbocycles. The smallest absolute Gasteiger partial charge is 0.405 e. The lowest BCUT2D eigenvalue weighted by Gasteiger charge is -2.37. The number of carboxylic acid groups (broad SMARTS) is 1. The molecule has 6 nitrogen and oxygen atoms in total. The number of para-hydroxylation sites is 1. The van der Waals surface area contributed by atoms with E-state index < -0.39 is 11.6 Å². The molecular formula is C23H22N4O2S. The minimum Gasteiger partial charge on any atom is -0.465 e. The summed E-state index contributed by atoms with van der Waals surface area (Å²) in [7, 11) is 0. The van der Waals surface area contributed by atoms with Crippen molar-refractivity contribution in [2.24, 2.45) is 0 Å². The van der Waals surface area contributed by atoms with Crippen molar-refractivity contribution in [3.8, 4) is 10.7 Å². The molecule has 3 N–H and O–H groups in total. The van der Waals surface area contributed by atoms with Crippen molar-refractivity contribution in [1.29, 1.82) is 0 Å². The number of amides is 1. The fourth-order valence-corrected chi connectivity index (χ4v) is 5.20. The Kier molecular flexibility index (Phi) is 4.84. The van der Waals surface area contributed by atoms with Crippen LogP contribution >= 0.6 is 11.3 Å². The molecular weight excluding hydrogens is 396 g/mol. The van der Waals surface area contributed by atoms with Crippen LogP contribution in [0.2, 0.25) is 0 Å². The molecule has 0 bridgehead atoms. The van der Waals surface area contributed by atoms with Crippen LogP contribution in [0, 0.1) is 0 Å². The van der Waals surface area contributed by atoms with Crippen LogP contribution in [0.4, 0.5) is 4.79 Å². The molecule has 0 radical (unpaired) electrons. The molecule has 0 spiro atoms. The lowest BCUT2D eigenvalue weighted by molar-refractivity contribution is 0.165. The highest BCUT2D eigenvalue weighted by Gasteiger charge is 2.33. The first-order valence-electron chi connectivity index (χ1n) is 10.1. The van der Waals surface area contributed by atoms with Gasteiger partial charge in [-0.25, -0.2) is 9.78 Å². The number of piperidine rings is 1. The monoisotopic (exact) mass is 418 g/mol. The SMILES string of the molecule is O=C(O)NC1(Cc2ccc3cnc(-c4nc5ccccc5s4)cc3c2)CCNCC1. The first kappa shape index (κ1) is 19.0. The van der Waals surface area contributed by atoms with Crippen molar-refractivity contribution in [3.05, 3.63) is 60.3 Å². The number of benzene rings is 2. The lowest BCUT2D eigenvalue weighted by atomic mass is 9.82. The summed E-state index contributed by atoms with van der Waals surface area (Å²) in [6.07, 6.45) is 3.17. The van der Waals surface area contributed by atoms with Crippen molar-refractivity contribution in [1.82, 2.24) is 20.6 Å². The van der Waals surface area contributed by atoms with Gasteiger partial charge in [0.05, 0.1) is 15.9 Å². The molecule has 152 valence electrons. The zero-order valence-electron chi connectivity index (χ0n) is 16.4. The van der Waals surface area contributed by atoms with Gasteiger partial charge in [0.25, 0.3) is 0 Å². The van der Waals surface area contributed by atoms with Gasteiger partial charge >= 0.3 is 6.09 Å². The molecule has 1 amide bonds. The summed E-state index contributed by atoms with van der Waals surface area (Å²) in [6, 6.07) is 16.5. The number of nitrogens with zero attached hydrogens (tertiary/aromatic N) is 2. The number of rotatable bonds is 4. The van der Waals surface area contributed by atoms with Crippen LogP contribution in [0.5, 0.6) is 0 Å². The van der Waals surface area contributed by atoms with Crippen LogP contribution in [0.25, 0.3) is 31.7 Å². The van der Waals surface area contributed by atoms with Crippen molar-refractivity contribution >= 4 is 38.4 Å². The quantitative estimate of drug-likeness (QED) is 0.456. The van der Waals surface area contributed by atoms with E-state index in [0.717, 1.165) is 63.2 Å². The first-order valence-corrected chi connectivity index (χ1v) is 10.9. The van der Waals surface area contributed by atoms with Crippen LogP contribution in [-0.2, 0) is 6.42 Å². The fourth-order valence-electron chi connectivity index (χ4n) is 4.27. The largest absolute Gasteiger partial charge is 0.465 e. The molecule has 4 aromatic rings. The van der Waals surface area contributed by atoms with E-state index in [1.165, 1.54) is 0 Å². The maximum absolute atomic E-state index is 11.4. The van der Waals surface area contributed by atoms with Gasteiger partial charge in [0, 0.05) is 17.1 Å². The van der Waals surface area contributed by atoms with Crippen LogP contribution in [0.1, 0.15) is 18.4 Å². The summed E-state index contributed by atoms with van der Waals surface area (Å²) in [5, 5.41) is 18.5. The number of nitrogens with one attached hydrogen (secondary N) is 2. The van der Waals surface area contributed by atoms with Gasteiger partial charge in [0.15, 0.2) is 0 Å². The van der Waals surface area contributed by atoms with E-state index in [0.29, 0.717) is 6.42 Å². The maximum atomic E-state index is 11.4. The van der Waals surface area contributed by atoms with Crippen molar-refractivity contribution in [3.63, 3.8) is 0 Å². The molecule has 0 atom stereocenters. The summed E-state index contributed by atoms with van der Waals surface area (Å²) in [5.74, 6) is 0. The molecule has 3 heterocycles. The number of fused-ring (bicyclic) bond motifs is 2. The average molecular weight is 419 g/mol. The highest BCUT2D eigenvalue weighted by atomic mass is 32.1. The molecule has 30 heavy (non-hydrogen) atoms. The third-order valence-corrected chi connectivity index (χ3v) is 6.83. The zero-order chi connectivity index (χ0) is 20.6. The van der Waals surface area contributed by atoms with Gasteiger partial charge in [-0.3, -0.25) is 4.98 Å². The van der Waals surface area contributed by atoms with Gasteiger partial charge < -0.3 is 15.7 Å². The molecule has 0 unspecified atom stereocenters. The van der Waals surface area contributed by atoms with E-state index in [9.17, 15) is 9.90 Å². The predicted octanol–water partition coefficient (Wildman–Crippen LogP) is 4.44. The zero-order valence-corrected chi connectivity index (χ0v) is 17.2. The lowest BCUT2D eigenvalue weighted by Crippen LogP contribution is -2.55. The number of carbonyl (C=O) groups is 1. The Bertz CT molecular complexity index is 1200. The van der Waals surface area contributed by atoms with Crippen molar-refractivity contribution in [2.75, 3.05) is 13.1 Å². The summed E-state index contributed by atoms with van der Waals surface area (Å²) in [6.45, 7) is 1.64. The van der Waals surface area contributed by atoms with Gasteiger partial charge in [-0.2, -0.15) is 0 Å². The fraction of sp³-hybridized carbons (Fsp3) is 0.261. The third kappa shape index (κ3) is 3.74. The highest BCUT2D eigenvalue weighted by molar-refractivity contribution is 7.21. The molecule has 5 rings (SSSR count). The van der Waals surface area contributed by atoms with Gasteiger partial charge in [0.1, 0.15) is 5.01 Å². The van der Waals surface area contributed by atoms with E-state index in [4.69, 9.17) is 4.98 Å². The topological polar surface area (TPSA) is 87.1 Å². The second kappa shape index (κ2) is 7.66. The first-order chi connectivity index (χ1) is 14.6. The van der Waals surface area contributed by atoms with E-state index >= 15 is 0 Å². The van der Waals surface area contributed by atoms with Crippen molar-refractivity contribution in [2.45, 2.75) is 24.8 Å². The summed E-state index contributed by atoms with van der Waals surface area (Å²) in [4.78, 5) is 20.7. The Balaban J connectivity index is 1.49. The Morgan fingerprint density at radius 3 is 2.77 bits per heavy atom. The summed E-state index contributed by atoms with van der Waals surface area (Å²) < 4.78 is 1.15. The van der Waals surface area contributed by atoms with E-state index in [1.807, 2.05) is 24.4 Å². The number of pyridine rings is 1. The van der Waals surface area contributed by atoms with Gasteiger partial charge in [-0.1, -0.05) is 30.3 Å². The van der Waals surface area contributed by atoms with E-state index in [1.54, 1.807) is 11.3 Å². The highest BCUT2D eigenvalue weighted by Crippen LogP contribution is 2.31. The second-order valence-electron chi connectivity index (χ2n) is 7.88. The molecule has 2 aromatic carbocycles. The average Bonchev–Trinajstić information content (AvgIpc) is 3.17. The molecule has 2 aromatic heterocycles. The third-order valence-electron chi connectivity index (χ3n) is 5.77. The van der Waals surface area contributed by atoms with Crippen molar-refractivity contribution < 1.29 is 9.90 Å². The Hall–Kier alpha value is -3.03. The standard InChI is InChI=1S/C23H22N4O2S/c28-22(29)27-23(7-9-24-10-8-23)13-15-5-6-16-14-25-19(12-17(16)11-15)21-26-18-3-1-2-4-20(18)30-21/h1-6,11-12,14,24,27H,7-10,13H2,(H,28,29). The minimum absolute atomic E-state index is 0.423. The van der Waals surface area contributed by atoms with Gasteiger partial charge in [-0.15, -0.1) is 11.3 Å². The molecule has 1 saturated heterocycles. The normalized spacial score (nSPS) is 16.0. The maximum Gasteiger partial charge on any atom is 0.405 e. The van der Waals surface area contributed by atoms with Crippen LogP contribution in [-0.4, -0.2) is 39.8 Å². The minimum atomic E-state index is -0.958. The number of hydrogen-bond acceptors (Lipinski definition) is 5.